The highest BCUT2D eigenvalue weighted by molar-refractivity contribution is 5.33. The van der Waals surface area contributed by atoms with Crippen molar-refractivity contribution in [2.45, 2.75) is 19.8 Å². The van der Waals surface area contributed by atoms with Crippen LogP contribution in [0.1, 0.15) is 25.3 Å². The Morgan fingerprint density at radius 1 is 1.54 bits per heavy atom. The van der Waals surface area contributed by atoms with Crippen LogP contribution in [0.25, 0.3) is 0 Å². The quantitative estimate of drug-likeness (QED) is 0.628. The third-order valence-corrected chi connectivity index (χ3v) is 1.75. The Morgan fingerprint density at radius 3 is 2.54 bits per heavy atom. The maximum absolute atomic E-state index is 11.4. The summed E-state index contributed by atoms with van der Waals surface area (Å²) >= 11 is 0. The number of rotatable bonds is 2. The highest BCUT2D eigenvalue weighted by Gasteiger charge is 2.12. The number of nitrogens with zero attached hydrogens (tertiary/aromatic N) is 1. The van der Waals surface area contributed by atoms with Crippen LogP contribution in [0, 0.1) is 0 Å². The maximum atomic E-state index is 11.4. The van der Waals surface area contributed by atoms with Gasteiger partial charge in [0.05, 0.1) is 5.56 Å². The fourth-order valence-electron chi connectivity index (χ4n) is 1.11. The van der Waals surface area contributed by atoms with Gasteiger partial charge in [-0.05, 0) is 5.92 Å². The molecule has 0 saturated heterocycles. The molecule has 0 atom stereocenters. The first-order valence-corrected chi connectivity index (χ1v) is 4.07. The Balaban J connectivity index is 3.32. The van der Waals surface area contributed by atoms with Gasteiger partial charge in [-0.25, -0.2) is 0 Å². The third kappa shape index (κ3) is 1.80. The van der Waals surface area contributed by atoms with Gasteiger partial charge in [0.25, 0.3) is 5.56 Å². The molecule has 1 aromatic rings. The van der Waals surface area contributed by atoms with Crippen molar-refractivity contribution >= 4 is 5.95 Å². The molecule has 0 aliphatic rings. The summed E-state index contributed by atoms with van der Waals surface area (Å²) < 4.78 is 0. The summed E-state index contributed by atoms with van der Waals surface area (Å²) in [5, 5.41) is 12.1. The SMILES string of the molecule is CNc1nc(O)c(C(C)C)c(=O)[nH]1. The van der Waals surface area contributed by atoms with E-state index in [4.69, 9.17) is 0 Å². The predicted molar refractivity (Wildman–Crippen MR) is 50.2 cm³/mol. The van der Waals surface area contributed by atoms with Crippen molar-refractivity contribution in [3.63, 3.8) is 0 Å². The standard InChI is InChI=1S/C8H13N3O2/c1-4(2)5-6(12)10-8(9-3)11-7(5)13/h4H,1-3H3,(H3,9,10,11,12,13). The largest absolute Gasteiger partial charge is 0.493 e. The van der Waals surface area contributed by atoms with E-state index in [0.29, 0.717) is 5.56 Å². The van der Waals surface area contributed by atoms with Crippen molar-refractivity contribution in [2.24, 2.45) is 0 Å². The lowest BCUT2D eigenvalue weighted by Crippen LogP contribution is -2.17. The Kier molecular flexibility index (Phi) is 2.55. The van der Waals surface area contributed by atoms with E-state index in [1.54, 1.807) is 7.05 Å². The summed E-state index contributed by atoms with van der Waals surface area (Å²) in [4.78, 5) is 17.6. The number of H-pyrrole nitrogens is 1. The minimum absolute atomic E-state index is 0.0397. The Hall–Kier alpha value is -1.52. The first-order valence-electron chi connectivity index (χ1n) is 4.07. The Morgan fingerprint density at radius 2 is 2.15 bits per heavy atom. The molecule has 0 radical (unpaired) electrons. The van der Waals surface area contributed by atoms with Crippen molar-refractivity contribution in [1.29, 1.82) is 0 Å². The van der Waals surface area contributed by atoms with Crippen LogP contribution in [0.5, 0.6) is 5.88 Å². The predicted octanol–water partition coefficient (Wildman–Crippen LogP) is 0.641. The molecule has 0 saturated carbocycles. The van der Waals surface area contributed by atoms with E-state index in [-0.39, 0.29) is 23.3 Å². The molecule has 0 amide bonds. The molecule has 5 nitrogen and oxygen atoms in total. The Labute approximate surface area is 75.8 Å². The van der Waals surface area contributed by atoms with Gasteiger partial charge in [0.1, 0.15) is 0 Å². The molecule has 3 N–H and O–H groups in total. The smallest absolute Gasteiger partial charge is 0.259 e. The number of aromatic hydroxyl groups is 1. The van der Waals surface area contributed by atoms with Crippen molar-refractivity contribution < 1.29 is 5.11 Å². The fraction of sp³-hybridized carbons (Fsp3) is 0.500. The van der Waals surface area contributed by atoms with Gasteiger partial charge in [-0.3, -0.25) is 9.78 Å². The van der Waals surface area contributed by atoms with Gasteiger partial charge in [0.2, 0.25) is 11.8 Å². The van der Waals surface area contributed by atoms with Gasteiger partial charge in [0, 0.05) is 7.05 Å². The molecule has 5 heteroatoms. The van der Waals surface area contributed by atoms with Gasteiger partial charge in [0.15, 0.2) is 0 Å². The Bertz CT molecular complexity index is 357. The summed E-state index contributed by atoms with van der Waals surface area (Å²) in [5.41, 5.74) is 0.0193. The summed E-state index contributed by atoms with van der Waals surface area (Å²) in [7, 11) is 1.62. The van der Waals surface area contributed by atoms with E-state index in [9.17, 15) is 9.90 Å². The van der Waals surface area contributed by atoms with Gasteiger partial charge < -0.3 is 10.4 Å². The molecule has 0 fully saturated rings. The molecule has 0 aliphatic carbocycles. The highest BCUT2D eigenvalue weighted by Crippen LogP contribution is 2.18. The molecule has 0 unspecified atom stereocenters. The monoisotopic (exact) mass is 183 g/mol. The zero-order valence-corrected chi connectivity index (χ0v) is 7.88. The van der Waals surface area contributed by atoms with Crippen LogP contribution >= 0.6 is 0 Å². The summed E-state index contributed by atoms with van der Waals surface area (Å²) in [6, 6.07) is 0. The van der Waals surface area contributed by atoms with E-state index in [1.165, 1.54) is 0 Å². The molecular formula is C8H13N3O2. The molecule has 0 aliphatic heterocycles. The van der Waals surface area contributed by atoms with Gasteiger partial charge in [-0.2, -0.15) is 4.98 Å². The average molecular weight is 183 g/mol. The lowest BCUT2D eigenvalue weighted by molar-refractivity contribution is 0.440. The zero-order valence-electron chi connectivity index (χ0n) is 7.88. The van der Waals surface area contributed by atoms with Gasteiger partial charge in [-0.15, -0.1) is 0 Å². The minimum Gasteiger partial charge on any atom is -0.493 e. The summed E-state index contributed by atoms with van der Waals surface area (Å²) in [5.74, 6) is 0.0251. The number of anilines is 1. The summed E-state index contributed by atoms with van der Waals surface area (Å²) in [6.45, 7) is 3.65. The van der Waals surface area contributed by atoms with Crippen LogP contribution in [0.2, 0.25) is 0 Å². The molecule has 1 rings (SSSR count). The van der Waals surface area contributed by atoms with E-state index >= 15 is 0 Å². The zero-order chi connectivity index (χ0) is 10.0. The molecule has 0 spiro atoms. The molecular weight excluding hydrogens is 170 g/mol. The van der Waals surface area contributed by atoms with E-state index in [0.717, 1.165) is 0 Å². The molecule has 1 heterocycles. The lowest BCUT2D eigenvalue weighted by atomic mass is 10.1. The highest BCUT2D eigenvalue weighted by atomic mass is 16.3. The lowest BCUT2D eigenvalue weighted by Gasteiger charge is -2.07. The maximum Gasteiger partial charge on any atom is 0.259 e. The first kappa shape index (κ1) is 9.57. The second-order valence-corrected chi connectivity index (χ2v) is 3.06. The second kappa shape index (κ2) is 3.47. The molecule has 0 aromatic carbocycles. The van der Waals surface area contributed by atoms with Crippen molar-refractivity contribution in [3.8, 4) is 5.88 Å². The number of hydrogen-bond donors (Lipinski definition) is 3. The number of aromatic amines is 1. The van der Waals surface area contributed by atoms with Crippen molar-refractivity contribution in [1.82, 2.24) is 9.97 Å². The van der Waals surface area contributed by atoms with Crippen LogP contribution in [-0.4, -0.2) is 22.1 Å². The van der Waals surface area contributed by atoms with Gasteiger partial charge >= 0.3 is 0 Å². The number of nitrogens with one attached hydrogen (secondary N) is 2. The van der Waals surface area contributed by atoms with E-state index in [2.05, 4.69) is 15.3 Å². The molecule has 1 aromatic heterocycles. The van der Waals surface area contributed by atoms with E-state index in [1.807, 2.05) is 13.8 Å². The summed E-state index contributed by atoms with van der Waals surface area (Å²) in [6.07, 6.45) is 0. The fourth-order valence-corrected chi connectivity index (χ4v) is 1.11. The van der Waals surface area contributed by atoms with Crippen LogP contribution in [-0.2, 0) is 0 Å². The van der Waals surface area contributed by atoms with Crippen LogP contribution in [0.15, 0.2) is 4.79 Å². The molecule has 72 valence electrons. The van der Waals surface area contributed by atoms with Crippen LogP contribution in [0.4, 0.5) is 5.95 Å². The van der Waals surface area contributed by atoms with E-state index < -0.39 is 0 Å². The van der Waals surface area contributed by atoms with Crippen LogP contribution < -0.4 is 10.9 Å². The topological polar surface area (TPSA) is 78.0 Å². The first-order chi connectivity index (χ1) is 6.06. The second-order valence-electron chi connectivity index (χ2n) is 3.06. The average Bonchev–Trinajstić information content (AvgIpc) is 2.02. The van der Waals surface area contributed by atoms with Crippen LogP contribution in [0.3, 0.4) is 0 Å². The normalized spacial score (nSPS) is 10.5. The van der Waals surface area contributed by atoms with Gasteiger partial charge in [-0.1, -0.05) is 13.8 Å². The number of aromatic nitrogens is 2. The number of hydrogen-bond acceptors (Lipinski definition) is 4. The van der Waals surface area contributed by atoms with Crippen molar-refractivity contribution in [3.05, 3.63) is 15.9 Å². The molecule has 13 heavy (non-hydrogen) atoms. The van der Waals surface area contributed by atoms with Crippen molar-refractivity contribution in [2.75, 3.05) is 12.4 Å². The minimum atomic E-state index is -0.299. The molecule has 0 bridgehead atoms. The third-order valence-electron chi connectivity index (χ3n) is 1.75.